The summed E-state index contributed by atoms with van der Waals surface area (Å²) < 4.78 is 10.8. The van der Waals surface area contributed by atoms with Crippen LogP contribution in [0.1, 0.15) is 29.9 Å². The predicted molar refractivity (Wildman–Crippen MR) is 117 cm³/mol. The van der Waals surface area contributed by atoms with Gasteiger partial charge in [0.2, 0.25) is 17.6 Å². The highest BCUT2D eigenvalue weighted by atomic mass is 16.5. The van der Waals surface area contributed by atoms with E-state index in [9.17, 15) is 4.79 Å². The third-order valence-corrected chi connectivity index (χ3v) is 5.71. The molecule has 0 saturated carbocycles. The van der Waals surface area contributed by atoms with Crippen molar-refractivity contribution in [1.82, 2.24) is 20.4 Å². The lowest BCUT2D eigenvalue weighted by molar-refractivity contribution is -0.126. The topological polar surface area (TPSA) is 80.5 Å². The molecule has 3 aromatic rings. The van der Waals surface area contributed by atoms with E-state index in [2.05, 4.69) is 20.4 Å². The highest BCUT2D eigenvalue weighted by Gasteiger charge is 2.26. The molecular weight excluding hydrogens is 392 g/mol. The molecule has 0 aliphatic carbocycles. The van der Waals surface area contributed by atoms with E-state index in [1.807, 2.05) is 55.5 Å². The molecule has 7 nitrogen and oxygen atoms in total. The zero-order valence-electron chi connectivity index (χ0n) is 18.0. The predicted octanol–water partition coefficient (Wildman–Crippen LogP) is 3.58. The van der Waals surface area contributed by atoms with Gasteiger partial charge in [-0.25, -0.2) is 0 Å². The lowest BCUT2D eigenvalue weighted by Gasteiger charge is -2.30. The molecule has 1 amide bonds. The van der Waals surface area contributed by atoms with Crippen LogP contribution in [0, 0.1) is 12.8 Å². The van der Waals surface area contributed by atoms with Crippen LogP contribution in [0.3, 0.4) is 0 Å². The second-order valence-electron chi connectivity index (χ2n) is 7.96. The number of hydrogen-bond donors (Lipinski definition) is 1. The fourth-order valence-corrected chi connectivity index (χ4v) is 3.94. The second-order valence-corrected chi connectivity index (χ2v) is 7.96. The van der Waals surface area contributed by atoms with Gasteiger partial charge in [-0.2, -0.15) is 4.98 Å². The lowest BCUT2D eigenvalue weighted by atomic mass is 9.96. The van der Waals surface area contributed by atoms with Gasteiger partial charge in [0.05, 0.1) is 13.7 Å². The molecule has 162 valence electrons. The van der Waals surface area contributed by atoms with Crippen LogP contribution in [-0.4, -0.2) is 41.1 Å². The van der Waals surface area contributed by atoms with Crippen LogP contribution in [0.4, 0.5) is 0 Å². The van der Waals surface area contributed by atoms with Crippen molar-refractivity contribution in [3.8, 4) is 17.1 Å². The number of carbonyl (C=O) groups excluding carboxylic acids is 1. The molecular formula is C24H28N4O3. The number of carbonyl (C=O) groups is 1. The van der Waals surface area contributed by atoms with E-state index >= 15 is 0 Å². The average Bonchev–Trinajstić information content (AvgIpc) is 3.26. The van der Waals surface area contributed by atoms with Gasteiger partial charge in [-0.1, -0.05) is 47.1 Å². The summed E-state index contributed by atoms with van der Waals surface area (Å²) in [6.45, 7) is 4.78. The smallest absolute Gasteiger partial charge is 0.241 e. The van der Waals surface area contributed by atoms with Gasteiger partial charge in [-0.05, 0) is 45.0 Å². The Hall–Kier alpha value is -3.19. The zero-order chi connectivity index (χ0) is 21.6. The number of para-hydroxylation sites is 1. The van der Waals surface area contributed by atoms with Crippen molar-refractivity contribution < 1.29 is 14.1 Å². The van der Waals surface area contributed by atoms with Gasteiger partial charge in [0.25, 0.3) is 0 Å². The Bertz CT molecular complexity index is 1020. The van der Waals surface area contributed by atoms with E-state index in [1.165, 1.54) is 0 Å². The molecule has 0 unspecified atom stereocenters. The molecule has 1 saturated heterocycles. The molecule has 0 radical (unpaired) electrons. The Labute approximate surface area is 182 Å². The highest BCUT2D eigenvalue weighted by molar-refractivity contribution is 5.78. The lowest BCUT2D eigenvalue weighted by Crippen LogP contribution is -2.40. The fourth-order valence-electron chi connectivity index (χ4n) is 3.94. The number of piperidine rings is 1. The number of rotatable bonds is 7. The maximum absolute atomic E-state index is 12.6. The summed E-state index contributed by atoms with van der Waals surface area (Å²) in [4.78, 5) is 19.4. The molecule has 0 atom stereocenters. The van der Waals surface area contributed by atoms with Gasteiger partial charge in [-0.15, -0.1) is 0 Å². The molecule has 1 aliphatic rings. The summed E-state index contributed by atoms with van der Waals surface area (Å²) in [6.07, 6.45) is 1.63. The largest absolute Gasteiger partial charge is 0.496 e. The molecule has 1 aromatic heterocycles. The second kappa shape index (κ2) is 9.75. The number of likely N-dealkylation sites (tertiary alicyclic amines) is 1. The average molecular weight is 421 g/mol. The van der Waals surface area contributed by atoms with Crippen molar-refractivity contribution in [2.24, 2.45) is 5.92 Å². The van der Waals surface area contributed by atoms with E-state index in [0.29, 0.717) is 24.8 Å². The molecule has 0 bridgehead atoms. The first-order valence-electron chi connectivity index (χ1n) is 10.6. The Kier molecular flexibility index (Phi) is 6.62. The summed E-state index contributed by atoms with van der Waals surface area (Å²) in [5, 5.41) is 7.17. The van der Waals surface area contributed by atoms with Crippen LogP contribution < -0.4 is 10.1 Å². The fraction of sp³-hybridized carbons (Fsp3) is 0.375. The van der Waals surface area contributed by atoms with Crippen LogP contribution in [0.15, 0.2) is 53.1 Å². The van der Waals surface area contributed by atoms with Crippen molar-refractivity contribution in [3.63, 3.8) is 0 Å². The molecule has 31 heavy (non-hydrogen) atoms. The number of aromatic nitrogens is 2. The van der Waals surface area contributed by atoms with E-state index in [4.69, 9.17) is 9.26 Å². The van der Waals surface area contributed by atoms with E-state index in [0.717, 1.165) is 48.4 Å². The molecule has 1 N–H and O–H groups in total. The molecule has 2 aromatic carbocycles. The van der Waals surface area contributed by atoms with E-state index < -0.39 is 0 Å². The summed E-state index contributed by atoms with van der Waals surface area (Å²) >= 11 is 0. The maximum atomic E-state index is 12.6. The van der Waals surface area contributed by atoms with Gasteiger partial charge in [0.1, 0.15) is 5.75 Å². The third-order valence-electron chi connectivity index (χ3n) is 5.71. The zero-order valence-corrected chi connectivity index (χ0v) is 18.0. The minimum absolute atomic E-state index is 0.0245. The number of methoxy groups -OCH3 is 1. The summed E-state index contributed by atoms with van der Waals surface area (Å²) in [7, 11) is 1.64. The Morgan fingerprint density at radius 1 is 1.19 bits per heavy atom. The number of amides is 1. The normalized spacial score (nSPS) is 15.0. The first-order chi connectivity index (χ1) is 15.1. The van der Waals surface area contributed by atoms with Crippen molar-refractivity contribution in [2.75, 3.05) is 20.2 Å². The van der Waals surface area contributed by atoms with Crippen molar-refractivity contribution in [2.45, 2.75) is 32.9 Å². The highest BCUT2D eigenvalue weighted by Crippen LogP contribution is 2.22. The summed E-state index contributed by atoms with van der Waals surface area (Å²) in [5.74, 6) is 2.14. The third kappa shape index (κ3) is 5.30. The molecule has 4 rings (SSSR count). The number of ether oxygens (including phenoxy) is 1. The van der Waals surface area contributed by atoms with Gasteiger partial charge in [0.15, 0.2) is 0 Å². The quantitative estimate of drug-likeness (QED) is 0.629. The van der Waals surface area contributed by atoms with E-state index in [-0.39, 0.29) is 11.8 Å². The van der Waals surface area contributed by atoms with Crippen LogP contribution >= 0.6 is 0 Å². The van der Waals surface area contributed by atoms with E-state index in [1.54, 1.807) is 7.11 Å². The van der Waals surface area contributed by atoms with Gasteiger partial charge in [0, 0.05) is 23.6 Å². The summed E-state index contributed by atoms with van der Waals surface area (Å²) in [5.41, 5.74) is 3.10. The Morgan fingerprint density at radius 3 is 2.77 bits per heavy atom. The van der Waals surface area contributed by atoms with Gasteiger partial charge in [-0.3, -0.25) is 9.69 Å². The van der Waals surface area contributed by atoms with Crippen LogP contribution in [0.2, 0.25) is 0 Å². The molecule has 1 aliphatic heterocycles. The first kappa shape index (κ1) is 21.1. The maximum Gasteiger partial charge on any atom is 0.241 e. The number of aryl methyl sites for hydroxylation is 1. The molecule has 1 fully saturated rings. The number of benzene rings is 2. The molecule has 0 spiro atoms. The van der Waals surface area contributed by atoms with Gasteiger partial charge >= 0.3 is 0 Å². The van der Waals surface area contributed by atoms with Gasteiger partial charge < -0.3 is 14.6 Å². The standard InChI is InChI=1S/C24H28N4O3/c1-17-6-5-8-19(14-17)23-26-22(31-27-23)16-28-12-10-18(11-13-28)24(29)25-15-20-7-3-4-9-21(20)30-2/h3-9,14,18H,10-13,15-16H2,1-2H3,(H,25,29). The number of nitrogens with one attached hydrogen (secondary N) is 1. The Morgan fingerprint density at radius 2 is 2.00 bits per heavy atom. The van der Waals surface area contributed by atoms with Crippen LogP contribution in [0.5, 0.6) is 5.75 Å². The Balaban J connectivity index is 1.26. The van der Waals surface area contributed by atoms with Crippen LogP contribution in [-0.2, 0) is 17.9 Å². The number of nitrogens with zero attached hydrogens (tertiary/aromatic N) is 3. The molecule has 7 heteroatoms. The summed E-state index contributed by atoms with van der Waals surface area (Å²) in [6, 6.07) is 15.8. The van der Waals surface area contributed by atoms with Crippen LogP contribution in [0.25, 0.3) is 11.4 Å². The monoisotopic (exact) mass is 420 g/mol. The SMILES string of the molecule is COc1ccccc1CNC(=O)C1CCN(Cc2nc(-c3cccc(C)c3)no2)CC1. The first-order valence-corrected chi connectivity index (χ1v) is 10.6. The number of hydrogen-bond acceptors (Lipinski definition) is 6. The van der Waals surface area contributed by atoms with Crippen molar-refractivity contribution in [3.05, 3.63) is 65.5 Å². The van der Waals surface area contributed by atoms with Crippen molar-refractivity contribution >= 4 is 5.91 Å². The molecule has 2 heterocycles. The van der Waals surface area contributed by atoms with Crippen molar-refractivity contribution in [1.29, 1.82) is 0 Å². The minimum Gasteiger partial charge on any atom is -0.496 e. The minimum atomic E-state index is 0.0245.